The molecule has 1 aromatic heterocycles. The molecule has 2 N–H and O–H groups in total. The summed E-state index contributed by atoms with van der Waals surface area (Å²) in [6, 6.07) is 8.28. The van der Waals surface area contributed by atoms with Crippen molar-refractivity contribution in [2.24, 2.45) is 0 Å². The van der Waals surface area contributed by atoms with Crippen LogP contribution in [0.1, 0.15) is 11.3 Å². The van der Waals surface area contributed by atoms with Gasteiger partial charge in [0.05, 0.1) is 5.69 Å². The number of aryl methyl sites for hydroxylation is 1. The molecule has 0 bridgehead atoms. The molecular formula is C13H17N3OS. The number of thioether (sulfide) groups is 1. The van der Waals surface area contributed by atoms with Crippen LogP contribution in [0.4, 0.5) is 5.69 Å². The Morgan fingerprint density at radius 1 is 1.33 bits per heavy atom. The van der Waals surface area contributed by atoms with Gasteiger partial charge in [0.15, 0.2) is 5.16 Å². The number of rotatable bonds is 4. The first-order chi connectivity index (χ1) is 8.58. The summed E-state index contributed by atoms with van der Waals surface area (Å²) in [5.41, 5.74) is 3.16. The molecule has 0 fully saturated rings. The van der Waals surface area contributed by atoms with Crippen molar-refractivity contribution in [3.8, 4) is 5.88 Å². The number of hydrogen-bond donors (Lipinski definition) is 2. The number of para-hydroxylation sites is 1. The number of H-pyrrole nitrogens is 1. The molecule has 0 aliphatic carbocycles. The maximum Gasteiger partial charge on any atom is 0.233 e. The third-order valence-electron chi connectivity index (χ3n) is 2.68. The topological polar surface area (TPSA) is 52.2 Å². The van der Waals surface area contributed by atoms with Gasteiger partial charge < -0.3 is 15.0 Å². The highest BCUT2D eigenvalue weighted by Gasteiger charge is 2.08. The second-order valence-corrected chi connectivity index (χ2v) is 5.27. The van der Waals surface area contributed by atoms with E-state index in [1.165, 1.54) is 11.3 Å². The lowest BCUT2D eigenvalue weighted by Crippen LogP contribution is -2.10. The smallest absolute Gasteiger partial charge is 0.233 e. The largest absolute Gasteiger partial charge is 0.492 e. The van der Waals surface area contributed by atoms with Crippen LogP contribution in [-0.2, 0) is 5.75 Å². The summed E-state index contributed by atoms with van der Waals surface area (Å²) >= 11 is 1.59. The molecule has 96 valence electrons. The molecule has 2 rings (SSSR count). The van der Waals surface area contributed by atoms with Gasteiger partial charge >= 0.3 is 0 Å². The highest BCUT2D eigenvalue weighted by Crippen LogP contribution is 2.27. The summed E-state index contributed by atoms with van der Waals surface area (Å²) < 4.78 is 0. The van der Waals surface area contributed by atoms with Gasteiger partial charge in [0, 0.05) is 25.5 Å². The van der Waals surface area contributed by atoms with Gasteiger partial charge in [-0.25, -0.2) is 0 Å². The lowest BCUT2D eigenvalue weighted by atomic mass is 10.2. The van der Waals surface area contributed by atoms with Crippen LogP contribution in [0.3, 0.4) is 0 Å². The van der Waals surface area contributed by atoms with Crippen LogP contribution >= 0.6 is 11.8 Å². The first-order valence-corrected chi connectivity index (χ1v) is 6.70. The van der Waals surface area contributed by atoms with E-state index >= 15 is 0 Å². The Labute approximate surface area is 111 Å². The van der Waals surface area contributed by atoms with Crippen LogP contribution in [0.5, 0.6) is 5.88 Å². The number of hydrogen-bond acceptors (Lipinski definition) is 4. The molecule has 18 heavy (non-hydrogen) atoms. The zero-order valence-electron chi connectivity index (χ0n) is 10.8. The molecule has 0 unspecified atom stereocenters. The number of anilines is 1. The molecule has 1 heterocycles. The van der Waals surface area contributed by atoms with E-state index in [1.807, 2.05) is 26.2 Å². The van der Waals surface area contributed by atoms with E-state index < -0.39 is 0 Å². The van der Waals surface area contributed by atoms with Crippen molar-refractivity contribution in [2.75, 3.05) is 19.0 Å². The van der Waals surface area contributed by atoms with Gasteiger partial charge in [-0.1, -0.05) is 30.0 Å². The average Bonchev–Trinajstić information content (AvgIpc) is 2.66. The molecule has 1 aromatic carbocycles. The summed E-state index contributed by atoms with van der Waals surface area (Å²) in [6.45, 7) is 1.81. The SMILES string of the molecule is Cc1[nH]c(SCc2ccccc2N(C)C)nc1O. The van der Waals surface area contributed by atoms with Gasteiger partial charge in [0.2, 0.25) is 5.88 Å². The van der Waals surface area contributed by atoms with Crippen molar-refractivity contribution < 1.29 is 5.11 Å². The first-order valence-electron chi connectivity index (χ1n) is 5.71. The maximum absolute atomic E-state index is 9.42. The fraction of sp³-hybridized carbons (Fsp3) is 0.308. The summed E-state index contributed by atoms with van der Waals surface area (Å²) in [7, 11) is 4.07. The lowest BCUT2D eigenvalue weighted by Gasteiger charge is -2.16. The lowest BCUT2D eigenvalue weighted by molar-refractivity contribution is 0.450. The zero-order chi connectivity index (χ0) is 13.1. The summed E-state index contributed by atoms with van der Waals surface area (Å²) in [6.07, 6.45) is 0. The van der Waals surface area contributed by atoms with Gasteiger partial charge in [-0.3, -0.25) is 0 Å². The standard InChI is InChI=1S/C13H17N3OS/c1-9-12(17)15-13(14-9)18-8-10-6-4-5-7-11(10)16(2)3/h4-7,17H,8H2,1-3H3,(H,14,15). The predicted octanol–water partition coefficient (Wildman–Crippen LogP) is 2.78. The Hall–Kier alpha value is -1.62. The van der Waals surface area contributed by atoms with E-state index in [4.69, 9.17) is 0 Å². The Bertz CT molecular complexity index is 517. The van der Waals surface area contributed by atoms with E-state index in [9.17, 15) is 5.11 Å². The van der Waals surface area contributed by atoms with E-state index in [1.54, 1.807) is 18.7 Å². The quantitative estimate of drug-likeness (QED) is 0.833. The van der Waals surface area contributed by atoms with E-state index in [-0.39, 0.29) is 5.88 Å². The van der Waals surface area contributed by atoms with Crippen molar-refractivity contribution in [2.45, 2.75) is 17.8 Å². The molecule has 0 aliphatic rings. The minimum absolute atomic E-state index is 0.0818. The molecule has 0 aliphatic heterocycles. The molecule has 0 amide bonds. The minimum atomic E-state index is 0.0818. The molecule has 0 radical (unpaired) electrons. The number of aromatic hydroxyl groups is 1. The number of aromatic amines is 1. The molecule has 0 saturated heterocycles. The van der Waals surface area contributed by atoms with Crippen LogP contribution in [0.25, 0.3) is 0 Å². The molecule has 0 saturated carbocycles. The van der Waals surface area contributed by atoms with Crippen LogP contribution in [0, 0.1) is 6.92 Å². The van der Waals surface area contributed by atoms with Gasteiger partial charge in [-0.2, -0.15) is 4.98 Å². The average molecular weight is 263 g/mol. The fourth-order valence-electron chi connectivity index (χ4n) is 1.71. The van der Waals surface area contributed by atoms with Crippen LogP contribution < -0.4 is 4.90 Å². The summed E-state index contributed by atoms with van der Waals surface area (Å²) in [5.74, 6) is 0.902. The molecule has 0 atom stereocenters. The normalized spacial score (nSPS) is 10.6. The third kappa shape index (κ3) is 2.79. The highest BCUT2D eigenvalue weighted by atomic mass is 32.2. The first kappa shape index (κ1) is 12.8. The predicted molar refractivity (Wildman–Crippen MR) is 75.3 cm³/mol. The molecule has 4 nitrogen and oxygen atoms in total. The van der Waals surface area contributed by atoms with Crippen molar-refractivity contribution in [3.63, 3.8) is 0 Å². The number of nitrogens with zero attached hydrogens (tertiary/aromatic N) is 2. The van der Waals surface area contributed by atoms with Crippen molar-refractivity contribution >= 4 is 17.4 Å². The summed E-state index contributed by atoms with van der Waals surface area (Å²) in [5, 5.41) is 10.2. The second kappa shape index (κ2) is 5.35. The van der Waals surface area contributed by atoms with Gasteiger partial charge in [-0.15, -0.1) is 0 Å². The second-order valence-electron chi connectivity index (χ2n) is 4.30. The van der Waals surface area contributed by atoms with Crippen LogP contribution in [0.2, 0.25) is 0 Å². The molecule has 0 spiro atoms. The molecular weight excluding hydrogens is 246 g/mol. The monoisotopic (exact) mass is 263 g/mol. The fourth-order valence-corrected chi connectivity index (χ4v) is 2.62. The zero-order valence-corrected chi connectivity index (χ0v) is 11.6. The Morgan fingerprint density at radius 2 is 2.06 bits per heavy atom. The minimum Gasteiger partial charge on any atom is -0.492 e. The number of nitrogens with one attached hydrogen (secondary N) is 1. The number of aromatic nitrogens is 2. The highest BCUT2D eigenvalue weighted by molar-refractivity contribution is 7.98. The van der Waals surface area contributed by atoms with Gasteiger partial charge in [-0.05, 0) is 18.6 Å². The van der Waals surface area contributed by atoms with E-state index in [0.29, 0.717) is 5.69 Å². The van der Waals surface area contributed by atoms with Crippen LogP contribution in [-0.4, -0.2) is 29.2 Å². The Kier molecular flexibility index (Phi) is 3.81. The Balaban J connectivity index is 2.10. The maximum atomic E-state index is 9.42. The molecule has 2 aromatic rings. The third-order valence-corrected chi connectivity index (χ3v) is 3.60. The van der Waals surface area contributed by atoms with Crippen molar-refractivity contribution in [1.29, 1.82) is 0 Å². The number of benzene rings is 1. The van der Waals surface area contributed by atoms with Gasteiger partial charge in [0.1, 0.15) is 0 Å². The Morgan fingerprint density at radius 3 is 2.67 bits per heavy atom. The molecule has 5 heteroatoms. The summed E-state index contributed by atoms with van der Waals surface area (Å²) in [4.78, 5) is 9.20. The van der Waals surface area contributed by atoms with Crippen molar-refractivity contribution in [1.82, 2.24) is 9.97 Å². The van der Waals surface area contributed by atoms with Crippen molar-refractivity contribution in [3.05, 3.63) is 35.5 Å². The van der Waals surface area contributed by atoms with E-state index in [2.05, 4.69) is 27.0 Å². The van der Waals surface area contributed by atoms with Gasteiger partial charge in [0.25, 0.3) is 0 Å². The van der Waals surface area contributed by atoms with Crippen LogP contribution in [0.15, 0.2) is 29.4 Å². The number of imidazole rings is 1. The van der Waals surface area contributed by atoms with E-state index in [0.717, 1.165) is 10.9 Å².